The topological polar surface area (TPSA) is 68.1 Å². The number of fused-ring (bicyclic) bond motifs is 1. The summed E-state index contributed by atoms with van der Waals surface area (Å²) in [6.07, 6.45) is 2.33. The van der Waals surface area contributed by atoms with E-state index in [4.69, 9.17) is 5.73 Å². The first kappa shape index (κ1) is 15.0. The van der Waals surface area contributed by atoms with Gasteiger partial charge in [-0.3, -0.25) is 4.79 Å². The third-order valence-electron chi connectivity index (χ3n) is 2.68. The van der Waals surface area contributed by atoms with Crippen LogP contribution in [0.3, 0.4) is 0 Å². The highest BCUT2D eigenvalue weighted by atomic mass is 79.9. The average Bonchev–Trinajstić information content (AvgIpc) is 2.72. The molecule has 2 rings (SSSR count). The Hall–Kier alpha value is -1.04. The predicted octanol–water partition coefficient (Wildman–Crippen LogP) is 2.40. The molecule has 18 heavy (non-hydrogen) atoms. The van der Waals surface area contributed by atoms with Crippen LogP contribution in [0.25, 0.3) is 10.9 Å². The van der Waals surface area contributed by atoms with E-state index in [9.17, 15) is 4.79 Å². The molecule has 0 amide bonds. The molecular weight excluding hydrogens is 320 g/mol. The van der Waals surface area contributed by atoms with Crippen LogP contribution < -0.4 is 5.73 Å². The number of halogens is 2. The van der Waals surface area contributed by atoms with Crippen LogP contribution >= 0.6 is 28.3 Å². The van der Waals surface area contributed by atoms with E-state index in [0.717, 1.165) is 20.9 Å². The number of nitrogens with one attached hydrogen (secondary N) is 1. The number of ether oxygens (including phenoxy) is 1. The number of methoxy groups -OCH3 is 1. The number of aromatic amines is 1. The molecule has 0 aliphatic heterocycles. The van der Waals surface area contributed by atoms with E-state index < -0.39 is 12.0 Å². The second-order valence-corrected chi connectivity index (χ2v) is 4.66. The van der Waals surface area contributed by atoms with E-state index in [1.807, 2.05) is 24.4 Å². The molecule has 4 nitrogen and oxygen atoms in total. The maximum atomic E-state index is 11.3. The van der Waals surface area contributed by atoms with E-state index in [1.165, 1.54) is 7.11 Å². The lowest BCUT2D eigenvalue weighted by atomic mass is 10.1. The van der Waals surface area contributed by atoms with Gasteiger partial charge in [-0.1, -0.05) is 22.0 Å². The lowest BCUT2D eigenvalue weighted by Crippen LogP contribution is -2.33. The third kappa shape index (κ3) is 2.85. The van der Waals surface area contributed by atoms with Crippen molar-refractivity contribution in [3.63, 3.8) is 0 Å². The molecule has 6 heteroatoms. The van der Waals surface area contributed by atoms with Crippen molar-refractivity contribution in [2.24, 2.45) is 5.73 Å². The van der Waals surface area contributed by atoms with E-state index in [2.05, 4.69) is 25.7 Å². The number of hydrogen-bond donors (Lipinski definition) is 2. The Morgan fingerprint density at radius 2 is 2.28 bits per heavy atom. The number of carbonyl (C=O) groups excluding carboxylic acids is 1. The summed E-state index contributed by atoms with van der Waals surface area (Å²) < 4.78 is 5.61. The average molecular weight is 334 g/mol. The summed E-state index contributed by atoms with van der Waals surface area (Å²) in [5.41, 5.74) is 7.78. The van der Waals surface area contributed by atoms with Gasteiger partial charge in [-0.25, -0.2) is 0 Å². The van der Waals surface area contributed by atoms with Crippen molar-refractivity contribution >= 4 is 45.2 Å². The molecular formula is C12H14BrClN2O2. The summed E-state index contributed by atoms with van der Waals surface area (Å²) in [4.78, 5) is 14.4. The second kappa shape index (κ2) is 6.22. The van der Waals surface area contributed by atoms with Gasteiger partial charge < -0.3 is 15.5 Å². The molecule has 0 saturated heterocycles. The zero-order valence-corrected chi connectivity index (χ0v) is 12.2. The number of hydrogen-bond acceptors (Lipinski definition) is 3. The first-order valence-corrected chi connectivity index (χ1v) is 6.00. The zero-order valence-electron chi connectivity index (χ0n) is 9.77. The largest absolute Gasteiger partial charge is 0.468 e. The first-order valence-electron chi connectivity index (χ1n) is 5.21. The highest BCUT2D eigenvalue weighted by Crippen LogP contribution is 2.27. The standard InChI is InChI=1S/C12H13BrN2O2.ClH/c1-17-12(16)9(14)5-7-6-15-10-4-2-3-8(13)11(7)10;/h2-4,6,9,15H,5,14H2,1H3;1H. The number of benzene rings is 1. The molecule has 0 radical (unpaired) electrons. The van der Waals surface area contributed by atoms with Crippen LogP contribution in [-0.4, -0.2) is 24.1 Å². The van der Waals surface area contributed by atoms with Gasteiger partial charge in [-0.05, 0) is 17.7 Å². The number of esters is 1. The first-order chi connectivity index (χ1) is 8.13. The van der Waals surface area contributed by atoms with Gasteiger partial charge in [0.15, 0.2) is 0 Å². The Bertz CT molecular complexity index is 556. The van der Waals surface area contributed by atoms with E-state index >= 15 is 0 Å². The number of carbonyl (C=O) groups is 1. The molecule has 0 aliphatic rings. The molecule has 1 heterocycles. The van der Waals surface area contributed by atoms with Gasteiger partial charge in [0.05, 0.1) is 7.11 Å². The van der Waals surface area contributed by atoms with Crippen molar-refractivity contribution in [1.82, 2.24) is 4.98 Å². The second-order valence-electron chi connectivity index (χ2n) is 3.81. The molecule has 1 unspecified atom stereocenters. The van der Waals surface area contributed by atoms with Crippen molar-refractivity contribution in [2.45, 2.75) is 12.5 Å². The number of nitrogens with two attached hydrogens (primary N) is 1. The van der Waals surface area contributed by atoms with Gasteiger partial charge in [-0.2, -0.15) is 0 Å². The van der Waals surface area contributed by atoms with Crippen molar-refractivity contribution in [1.29, 1.82) is 0 Å². The molecule has 1 aromatic carbocycles. The highest BCUT2D eigenvalue weighted by Gasteiger charge is 2.17. The minimum Gasteiger partial charge on any atom is -0.468 e. The minimum atomic E-state index is -0.633. The maximum absolute atomic E-state index is 11.3. The lowest BCUT2D eigenvalue weighted by Gasteiger charge is -2.08. The summed E-state index contributed by atoms with van der Waals surface area (Å²) in [5, 5.41) is 1.06. The van der Waals surface area contributed by atoms with E-state index in [1.54, 1.807) is 0 Å². The molecule has 0 fully saturated rings. The third-order valence-corrected chi connectivity index (χ3v) is 3.34. The lowest BCUT2D eigenvalue weighted by molar-refractivity contribution is -0.142. The SMILES string of the molecule is COC(=O)C(N)Cc1c[nH]c2cccc(Br)c12.Cl. The molecule has 2 aromatic rings. The smallest absolute Gasteiger partial charge is 0.322 e. The van der Waals surface area contributed by atoms with Gasteiger partial charge in [0.25, 0.3) is 0 Å². The Balaban J connectivity index is 0.00000162. The van der Waals surface area contributed by atoms with Crippen LogP contribution in [0, 0.1) is 0 Å². The van der Waals surface area contributed by atoms with Crippen LogP contribution in [0.5, 0.6) is 0 Å². The Morgan fingerprint density at radius 3 is 2.94 bits per heavy atom. The number of aromatic nitrogens is 1. The summed E-state index contributed by atoms with van der Waals surface area (Å²) >= 11 is 3.49. The quantitative estimate of drug-likeness (QED) is 0.848. The Kier molecular flexibility index (Phi) is 5.19. The van der Waals surface area contributed by atoms with Crippen LogP contribution in [0.15, 0.2) is 28.9 Å². The fraction of sp³-hybridized carbons (Fsp3) is 0.250. The van der Waals surface area contributed by atoms with E-state index in [-0.39, 0.29) is 12.4 Å². The monoisotopic (exact) mass is 332 g/mol. The summed E-state index contributed by atoms with van der Waals surface area (Å²) in [6.45, 7) is 0. The molecule has 0 saturated carbocycles. The fourth-order valence-corrected chi connectivity index (χ4v) is 2.46. The van der Waals surface area contributed by atoms with E-state index in [0.29, 0.717) is 6.42 Å². The molecule has 0 spiro atoms. The van der Waals surface area contributed by atoms with Gasteiger partial charge in [0.2, 0.25) is 0 Å². The van der Waals surface area contributed by atoms with Gasteiger partial charge >= 0.3 is 5.97 Å². The van der Waals surface area contributed by atoms with Gasteiger partial charge in [-0.15, -0.1) is 12.4 Å². The van der Waals surface area contributed by atoms with Crippen molar-refractivity contribution in [3.8, 4) is 0 Å². The van der Waals surface area contributed by atoms with Crippen molar-refractivity contribution in [2.75, 3.05) is 7.11 Å². The van der Waals surface area contributed by atoms with Crippen LogP contribution in [0.4, 0.5) is 0 Å². The van der Waals surface area contributed by atoms with Crippen LogP contribution in [-0.2, 0) is 16.0 Å². The van der Waals surface area contributed by atoms with Crippen molar-refractivity contribution < 1.29 is 9.53 Å². The number of rotatable bonds is 3. The fourth-order valence-electron chi connectivity index (χ4n) is 1.84. The normalized spacial score (nSPS) is 11.9. The van der Waals surface area contributed by atoms with Gasteiger partial charge in [0.1, 0.15) is 6.04 Å². The maximum Gasteiger partial charge on any atom is 0.322 e. The summed E-state index contributed by atoms with van der Waals surface area (Å²) in [5.74, 6) is -0.397. The van der Waals surface area contributed by atoms with Crippen molar-refractivity contribution in [3.05, 3.63) is 34.4 Å². The molecule has 98 valence electrons. The molecule has 0 bridgehead atoms. The minimum absolute atomic E-state index is 0. The van der Waals surface area contributed by atoms with Crippen LogP contribution in [0.2, 0.25) is 0 Å². The molecule has 1 aromatic heterocycles. The Morgan fingerprint density at radius 1 is 1.56 bits per heavy atom. The zero-order chi connectivity index (χ0) is 12.4. The molecule has 1 atom stereocenters. The predicted molar refractivity (Wildman–Crippen MR) is 76.9 cm³/mol. The molecule has 3 N–H and O–H groups in total. The Labute approximate surface area is 119 Å². The summed E-state index contributed by atoms with van der Waals surface area (Å²) in [6, 6.07) is 5.26. The van der Waals surface area contributed by atoms with Crippen LogP contribution in [0.1, 0.15) is 5.56 Å². The van der Waals surface area contributed by atoms with Gasteiger partial charge in [0, 0.05) is 28.0 Å². The molecule has 0 aliphatic carbocycles. The highest BCUT2D eigenvalue weighted by molar-refractivity contribution is 9.10. The number of H-pyrrole nitrogens is 1. The summed E-state index contributed by atoms with van der Waals surface area (Å²) in [7, 11) is 1.34.